The molecule has 0 aliphatic carbocycles. The summed E-state index contributed by atoms with van der Waals surface area (Å²) in [6.07, 6.45) is 0.421. The average Bonchev–Trinajstić information content (AvgIpc) is 2.34. The molecule has 0 bridgehead atoms. The second-order valence-corrected chi connectivity index (χ2v) is 3.51. The lowest BCUT2D eigenvalue weighted by Gasteiger charge is -2.07. The molecule has 0 rings (SSSR count). The molecule has 0 spiro atoms. The first-order chi connectivity index (χ1) is 8.97. The Morgan fingerprint density at radius 2 is 1.89 bits per heavy atom. The highest BCUT2D eigenvalue weighted by Gasteiger charge is 2.05. The summed E-state index contributed by atoms with van der Waals surface area (Å²) in [5, 5.41) is 4.87. The van der Waals surface area contributed by atoms with Gasteiger partial charge in [0.05, 0.1) is 12.8 Å². The third-order valence-corrected chi connectivity index (χ3v) is 1.82. The summed E-state index contributed by atoms with van der Waals surface area (Å²) in [7, 11) is 0. The van der Waals surface area contributed by atoms with Crippen LogP contribution < -0.4 is 10.6 Å². The maximum Gasteiger partial charge on any atom is 0.412 e. The van der Waals surface area contributed by atoms with Gasteiger partial charge in [-0.15, -0.1) is 0 Å². The van der Waals surface area contributed by atoms with Crippen LogP contribution in [-0.4, -0.2) is 37.7 Å². The van der Waals surface area contributed by atoms with Crippen molar-refractivity contribution in [2.45, 2.75) is 13.3 Å². The molecule has 0 unspecified atom stereocenters. The van der Waals surface area contributed by atoms with E-state index in [1.165, 1.54) is 6.92 Å². The van der Waals surface area contributed by atoms with Crippen molar-refractivity contribution in [2.75, 3.05) is 19.7 Å². The molecule has 0 saturated carbocycles. The Hall–Kier alpha value is -2.31. The number of rotatable bonds is 8. The fourth-order valence-electron chi connectivity index (χ4n) is 0.941. The van der Waals surface area contributed by atoms with E-state index < -0.39 is 12.1 Å². The number of nitrogens with one attached hydrogen (secondary N) is 2. The lowest BCUT2D eigenvalue weighted by atomic mass is 10.4. The van der Waals surface area contributed by atoms with Crippen molar-refractivity contribution in [1.82, 2.24) is 10.6 Å². The number of hydrogen-bond donors (Lipinski definition) is 2. The van der Waals surface area contributed by atoms with E-state index in [9.17, 15) is 14.4 Å². The molecule has 0 aliphatic rings. The van der Waals surface area contributed by atoms with Gasteiger partial charge in [-0.2, -0.15) is 0 Å². The van der Waals surface area contributed by atoms with E-state index in [1.807, 2.05) is 0 Å². The van der Waals surface area contributed by atoms with Crippen LogP contribution in [0.1, 0.15) is 13.3 Å². The number of esters is 1. The largest absolute Gasteiger partial charge is 0.460 e. The molecule has 0 aromatic carbocycles. The van der Waals surface area contributed by atoms with Crippen molar-refractivity contribution in [3.8, 4) is 0 Å². The van der Waals surface area contributed by atoms with Crippen molar-refractivity contribution < 1.29 is 23.9 Å². The van der Waals surface area contributed by atoms with Gasteiger partial charge in [0, 0.05) is 18.5 Å². The third kappa shape index (κ3) is 9.40. The normalized spacial score (nSPS) is 9.11. The van der Waals surface area contributed by atoms with Crippen LogP contribution in [-0.2, 0) is 19.1 Å². The van der Waals surface area contributed by atoms with Gasteiger partial charge in [-0.3, -0.25) is 4.79 Å². The monoisotopic (exact) mass is 270 g/mol. The Balaban J connectivity index is 3.55. The molecule has 0 saturated heterocycles. The maximum atomic E-state index is 11.3. The minimum absolute atomic E-state index is 0.0728. The van der Waals surface area contributed by atoms with E-state index in [2.05, 4.69) is 28.5 Å². The van der Waals surface area contributed by atoms with Crippen LogP contribution in [0.3, 0.4) is 0 Å². The van der Waals surface area contributed by atoms with Gasteiger partial charge in [0.2, 0.25) is 5.91 Å². The SMILES string of the molecule is C=COC(=O)NCCC(=O)NCCOC(=O)C(=C)C. The van der Waals surface area contributed by atoms with Gasteiger partial charge in [-0.25, -0.2) is 9.59 Å². The Kier molecular flexibility index (Phi) is 8.51. The van der Waals surface area contributed by atoms with Crippen LogP contribution in [0.4, 0.5) is 4.79 Å². The number of amides is 2. The van der Waals surface area contributed by atoms with Crippen LogP contribution in [0.15, 0.2) is 25.0 Å². The van der Waals surface area contributed by atoms with Crippen molar-refractivity contribution in [2.24, 2.45) is 0 Å². The Morgan fingerprint density at radius 3 is 2.47 bits per heavy atom. The molecule has 19 heavy (non-hydrogen) atoms. The first-order valence-corrected chi connectivity index (χ1v) is 5.62. The van der Waals surface area contributed by atoms with Gasteiger partial charge < -0.3 is 20.1 Å². The molecule has 7 heteroatoms. The summed E-state index contributed by atoms with van der Waals surface area (Å²) in [5.74, 6) is -0.770. The first kappa shape index (κ1) is 16.7. The van der Waals surface area contributed by atoms with Gasteiger partial charge >= 0.3 is 12.1 Å². The highest BCUT2D eigenvalue weighted by Crippen LogP contribution is 1.90. The molecule has 0 atom stereocenters. The topological polar surface area (TPSA) is 93.7 Å². The van der Waals surface area contributed by atoms with E-state index in [4.69, 9.17) is 4.74 Å². The van der Waals surface area contributed by atoms with Crippen molar-refractivity contribution in [1.29, 1.82) is 0 Å². The van der Waals surface area contributed by atoms with Crippen LogP contribution in [0.5, 0.6) is 0 Å². The molecule has 0 fully saturated rings. The summed E-state index contributed by atoms with van der Waals surface area (Å²) >= 11 is 0. The fourth-order valence-corrected chi connectivity index (χ4v) is 0.941. The van der Waals surface area contributed by atoms with E-state index in [1.54, 1.807) is 0 Å². The lowest BCUT2D eigenvalue weighted by molar-refractivity contribution is -0.139. The number of hydrogen-bond acceptors (Lipinski definition) is 5. The van der Waals surface area contributed by atoms with E-state index >= 15 is 0 Å². The molecular formula is C12H18N2O5. The summed E-state index contributed by atoms with van der Waals surface area (Å²) < 4.78 is 9.16. The molecule has 0 aromatic rings. The second-order valence-electron chi connectivity index (χ2n) is 3.51. The second kappa shape index (κ2) is 9.69. The summed E-state index contributed by atoms with van der Waals surface area (Å²) in [6, 6.07) is 0. The molecule has 7 nitrogen and oxygen atoms in total. The third-order valence-electron chi connectivity index (χ3n) is 1.82. The van der Waals surface area contributed by atoms with Crippen LogP contribution in [0, 0.1) is 0 Å². The fraction of sp³-hybridized carbons (Fsp3) is 0.417. The highest BCUT2D eigenvalue weighted by atomic mass is 16.5. The standard InChI is InChI=1S/C12H18N2O5/c1-4-18-12(17)14-6-5-10(15)13-7-8-19-11(16)9(2)3/h4H,1-2,5-8H2,3H3,(H,13,15)(H,14,17). The van der Waals surface area contributed by atoms with Crippen molar-refractivity contribution in [3.63, 3.8) is 0 Å². The van der Waals surface area contributed by atoms with E-state index in [-0.39, 0.29) is 32.0 Å². The molecule has 0 heterocycles. The molecule has 106 valence electrons. The van der Waals surface area contributed by atoms with Gasteiger partial charge in [0.1, 0.15) is 6.61 Å². The number of carbonyl (C=O) groups is 3. The Labute approximate surface area is 111 Å². The van der Waals surface area contributed by atoms with Gasteiger partial charge in [-0.1, -0.05) is 13.2 Å². The first-order valence-electron chi connectivity index (χ1n) is 5.62. The summed E-state index contributed by atoms with van der Waals surface area (Å²) in [4.78, 5) is 33.1. The molecule has 0 aliphatic heterocycles. The van der Waals surface area contributed by atoms with Gasteiger partial charge in [0.25, 0.3) is 0 Å². The van der Waals surface area contributed by atoms with Gasteiger partial charge in [0.15, 0.2) is 0 Å². The zero-order chi connectivity index (χ0) is 14.7. The molecule has 2 amide bonds. The van der Waals surface area contributed by atoms with Crippen molar-refractivity contribution >= 4 is 18.0 Å². The zero-order valence-electron chi connectivity index (χ0n) is 10.9. The number of ether oxygens (including phenoxy) is 2. The highest BCUT2D eigenvalue weighted by molar-refractivity contribution is 5.86. The quantitative estimate of drug-likeness (QED) is 0.289. The van der Waals surface area contributed by atoms with E-state index in [0.29, 0.717) is 5.57 Å². The van der Waals surface area contributed by atoms with Crippen LogP contribution in [0.25, 0.3) is 0 Å². The van der Waals surface area contributed by atoms with Gasteiger partial charge in [-0.05, 0) is 6.92 Å². The predicted molar refractivity (Wildman–Crippen MR) is 68.1 cm³/mol. The molecule has 2 N–H and O–H groups in total. The number of alkyl carbamates (subject to hydrolysis) is 1. The molecule has 0 aromatic heterocycles. The summed E-state index contributed by atoms with van der Waals surface area (Å²) in [5.41, 5.74) is 0.302. The van der Waals surface area contributed by atoms with E-state index in [0.717, 1.165) is 6.26 Å². The minimum Gasteiger partial charge on any atom is -0.460 e. The smallest absolute Gasteiger partial charge is 0.412 e. The van der Waals surface area contributed by atoms with Crippen LogP contribution in [0.2, 0.25) is 0 Å². The Morgan fingerprint density at radius 1 is 1.21 bits per heavy atom. The van der Waals surface area contributed by atoms with Crippen LogP contribution >= 0.6 is 0 Å². The molecular weight excluding hydrogens is 252 g/mol. The predicted octanol–water partition coefficient (Wildman–Crippen LogP) is 0.482. The summed E-state index contributed by atoms with van der Waals surface area (Å²) in [6.45, 7) is 8.59. The molecule has 0 radical (unpaired) electrons. The number of carbonyl (C=O) groups excluding carboxylic acids is 3. The Bertz CT molecular complexity index is 365. The lowest BCUT2D eigenvalue weighted by Crippen LogP contribution is -2.32. The maximum absolute atomic E-state index is 11.3. The minimum atomic E-state index is -0.668. The average molecular weight is 270 g/mol. The zero-order valence-corrected chi connectivity index (χ0v) is 10.9. The van der Waals surface area contributed by atoms with Crippen molar-refractivity contribution in [3.05, 3.63) is 25.0 Å².